The zero-order valence-corrected chi connectivity index (χ0v) is 18.8. The number of benzene rings is 2. The van der Waals surface area contributed by atoms with Crippen molar-refractivity contribution in [2.45, 2.75) is 18.5 Å². The third kappa shape index (κ3) is 5.03. The molecule has 0 unspecified atom stereocenters. The minimum atomic E-state index is -0.402. The fraction of sp³-hybridized carbons (Fsp3) is 0.174. The van der Waals surface area contributed by atoms with E-state index in [2.05, 4.69) is 15.3 Å². The van der Waals surface area contributed by atoms with E-state index in [0.717, 1.165) is 23.0 Å². The van der Waals surface area contributed by atoms with Crippen molar-refractivity contribution in [3.63, 3.8) is 0 Å². The number of aromatic amines is 1. The number of aryl methyl sites for hydroxylation is 1. The van der Waals surface area contributed by atoms with Crippen LogP contribution >= 0.6 is 23.4 Å². The first-order valence-electron chi connectivity index (χ1n) is 9.93. The lowest BCUT2D eigenvalue weighted by Gasteiger charge is -2.12. The van der Waals surface area contributed by atoms with Gasteiger partial charge < -0.3 is 10.3 Å². The SMILES string of the molecule is Cc1cc2nc(SCC(=O)NCCc3ccc(Cl)cc3)n(-c3ccc(F)cc3)c(=O)c2[nH]1. The monoisotopic (exact) mass is 470 g/mol. The number of amides is 1. The molecule has 1 amide bonds. The molecule has 0 aliphatic carbocycles. The molecule has 164 valence electrons. The van der Waals surface area contributed by atoms with E-state index in [1.165, 1.54) is 28.8 Å². The molecule has 2 heterocycles. The summed E-state index contributed by atoms with van der Waals surface area (Å²) in [7, 11) is 0. The van der Waals surface area contributed by atoms with Crippen LogP contribution in [0.1, 0.15) is 11.3 Å². The van der Waals surface area contributed by atoms with Gasteiger partial charge in [-0.25, -0.2) is 9.37 Å². The molecule has 0 bridgehead atoms. The van der Waals surface area contributed by atoms with Gasteiger partial charge in [-0.1, -0.05) is 35.5 Å². The van der Waals surface area contributed by atoms with Crippen LogP contribution in [0.15, 0.2) is 64.5 Å². The molecule has 0 atom stereocenters. The van der Waals surface area contributed by atoms with E-state index in [9.17, 15) is 14.0 Å². The quantitative estimate of drug-likeness (QED) is 0.312. The highest BCUT2D eigenvalue weighted by molar-refractivity contribution is 7.99. The number of carbonyl (C=O) groups excluding carboxylic acids is 1. The number of H-pyrrole nitrogens is 1. The Kier molecular flexibility index (Phi) is 6.62. The highest BCUT2D eigenvalue weighted by atomic mass is 35.5. The molecule has 9 heteroatoms. The van der Waals surface area contributed by atoms with Crippen molar-refractivity contribution in [2.75, 3.05) is 12.3 Å². The van der Waals surface area contributed by atoms with Gasteiger partial charge in [-0.15, -0.1) is 0 Å². The van der Waals surface area contributed by atoms with Crippen molar-refractivity contribution in [1.82, 2.24) is 19.9 Å². The zero-order chi connectivity index (χ0) is 22.7. The maximum absolute atomic E-state index is 13.4. The fourth-order valence-electron chi connectivity index (χ4n) is 3.27. The first-order valence-corrected chi connectivity index (χ1v) is 11.3. The van der Waals surface area contributed by atoms with Crippen molar-refractivity contribution in [3.8, 4) is 5.69 Å². The molecule has 2 aromatic heterocycles. The number of aromatic nitrogens is 3. The molecular weight excluding hydrogens is 451 g/mol. The summed E-state index contributed by atoms with van der Waals surface area (Å²) in [5.74, 6) is -0.488. The number of hydrogen-bond acceptors (Lipinski definition) is 4. The fourth-order valence-corrected chi connectivity index (χ4v) is 4.24. The van der Waals surface area contributed by atoms with Gasteiger partial charge in [0.25, 0.3) is 5.56 Å². The minimum absolute atomic E-state index is 0.0865. The Labute approximate surface area is 192 Å². The Balaban J connectivity index is 1.50. The molecule has 6 nitrogen and oxygen atoms in total. The lowest BCUT2D eigenvalue weighted by atomic mass is 10.1. The van der Waals surface area contributed by atoms with E-state index in [-0.39, 0.29) is 17.2 Å². The third-order valence-corrected chi connectivity index (χ3v) is 6.01. The second-order valence-electron chi connectivity index (χ2n) is 7.24. The van der Waals surface area contributed by atoms with E-state index >= 15 is 0 Å². The predicted octanol–water partition coefficient (Wildman–Crippen LogP) is 4.27. The minimum Gasteiger partial charge on any atom is -0.355 e. The molecule has 32 heavy (non-hydrogen) atoms. The van der Waals surface area contributed by atoms with Crippen LogP contribution in [0.5, 0.6) is 0 Å². The van der Waals surface area contributed by atoms with Crippen LogP contribution in [0.25, 0.3) is 16.7 Å². The second-order valence-corrected chi connectivity index (χ2v) is 8.62. The molecule has 4 aromatic rings. The van der Waals surface area contributed by atoms with Crippen LogP contribution in [-0.4, -0.2) is 32.7 Å². The number of fused-ring (bicyclic) bond motifs is 1. The molecule has 0 aliphatic rings. The molecule has 0 saturated carbocycles. The summed E-state index contributed by atoms with van der Waals surface area (Å²) in [6, 6.07) is 14.8. The van der Waals surface area contributed by atoms with Crippen LogP contribution in [0.2, 0.25) is 5.02 Å². The van der Waals surface area contributed by atoms with Crippen LogP contribution in [0.4, 0.5) is 4.39 Å². The van der Waals surface area contributed by atoms with Gasteiger partial charge in [-0.2, -0.15) is 0 Å². The second kappa shape index (κ2) is 9.58. The van der Waals surface area contributed by atoms with Gasteiger partial charge in [0.15, 0.2) is 5.16 Å². The van der Waals surface area contributed by atoms with E-state index in [0.29, 0.717) is 39.9 Å². The van der Waals surface area contributed by atoms with Gasteiger partial charge >= 0.3 is 0 Å². The number of carbonyl (C=O) groups is 1. The van der Waals surface area contributed by atoms with Crippen molar-refractivity contribution in [2.24, 2.45) is 0 Å². The topological polar surface area (TPSA) is 79.8 Å². The van der Waals surface area contributed by atoms with Crippen molar-refractivity contribution < 1.29 is 9.18 Å². The van der Waals surface area contributed by atoms with Crippen LogP contribution < -0.4 is 10.9 Å². The highest BCUT2D eigenvalue weighted by Gasteiger charge is 2.16. The summed E-state index contributed by atoms with van der Waals surface area (Å²) < 4.78 is 14.8. The lowest BCUT2D eigenvalue weighted by Crippen LogP contribution is -2.28. The summed E-state index contributed by atoms with van der Waals surface area (Å²) in [6.45, 7) is 2.32. The standard InChI is InChI=1S/C23H20ClFN4O2S/c1-14-12-19-21(27-14)22(31)29(18-8-6-17(25)7-9-18)23(28-19)32-13-20(30)26-11-10-15-2-4-16(24)5-3-15/h2-9,12,27H,10-11,13H2,1H3,(H,26,30). The largest absolute Gasteiger partial charge is 0.355 e. The molecule has 0 spiro atoms. The van der Waals surface area contributed by atoms with Crippen molar-refractivity contribution >= 4 is 40.3 Å². The summed E-state index contributed by atoms with van der Waals surface area (Å²) in [6.07, 6.45) is 0.681. The molecule has 2 aromatic carbocycles. The van der Waals surface area contributed by atoms with Crippen molar-refractivity contribution in [3.05, 3.63) is 87.0 Å². The van der Waals surface area contributed by atoms with Gasteiger partial charge in [-0.05, 0) is 61.4 Å². The van der Waals surface area contributed by atoms with E-state index in [1.54, 1.807) is 6.07 Å². The first kappa shape index (κ1) is 22.1. The van der Waals surface area contributed by atoms with Gasteiger partial charge in [0.2, 0.25) is 5.91 Å². The molecule has 4 rings (SSSR count). The normalized spacial score (nSPS) is 11.1. The smallest absolute Gasteiger partial charge is 0.283 e. The Morgan fingerprint density at radius 2 is 1.91 bits per heavy atom. The zero-order valence-electron chi connectivity index (χ0n) is 17.2. The predicted molar refractivity (Wildman–Crippen MR) is 125 cm³/mol. The lowest BCUT2D eigenvalue weighted by molar-refractivity contribution is -0.118. The molecule has 0 saturated heterocycles. The number of nitrogens with one attached hydrogen (secondary N) is 2. The Morgan fingerprint density at radius 1 is 1.19 bits per heavy atom. The van der Waals surface area contributed by atoms with Gasteiger partial charge in [0.1, 0.15) is 11.3 Å². The van der Waals surface area contributed by atoms with Crippen LogP contribution in [0, 0.1) is 12.7 Å². The Morgan fingerprint density at radius 3 is 2.62 bits per heavy atom. The molecule has 0 aliphatic heterocycles. The molecule has 2 N–H and O–H groups in total. The molecule has 0 radical (unpaired) electrons. The average molecular weight is 471 g/mol. The number of thioether (sulfide) groups is 1. The maximum Gasteiger partial charge on any atom is 0.283 e. The third-order valence-electron chi connectivity index (χ3n) is 4.82. The van der Waals surface area contributed by atoms with Crippen LogP contribution in [-0.2, 0) is 11.2 Å². The summed E-state index contributed by atoms with van der Waals surface area (Å²) in [5, 5.41) is 3.91. The average Bonchev–Trinajstić information content (AvgIpc) is 3.15. The number of hydrogen-bond donors (Lipinski definition) is 2. The van der Waals surface area contributed by atoms with Gasteiger partial charge in [0.05, 0.1) is 17.0 Å². The molecule has 0 fully saturated rings. The van der Waals surface area contributed by atoms with Gasteiger partial charge in [0, 0.05) is 17.3 Å². The van der Waals surface area contributed by atoms with E-state index < -0.39 is 5.82 Å². The van der Waals surface area contributed by atoms with Crippen LogP contribution in [0.3, 0.4) is 0 Å². The molecular formula is C23H20ClFN4O2S. The Bertz CT molecular complexity index is 1320. The number of halogens is 2. The Hall–Kier alpha value is -3.10. The van der Waals surface area contributed by atoms with Gasteiger partial charge in [-0.3, -0.25) is 14.2 Å². The maximum atomic E-state index is 13.4. The van der Waals surface area contributed by atoms with Crippen molar-refractivity contribution in [1.29, 1.82) is 0 Å². The van der Waals surface area contributed by atoms with E-state index in [4.69, 9.17) is 11.6 Å². The number of nitrogens with zero attached hydrogens (tertiary/aromatic N) is 2. The summed E-state index contributed by atoms with van der Waals surface area (Å²) >= 11 is 7.04. The summed E-state index contributed by atoms with van der Waals surface area (Å²) in [4.78, 5) is 33.1. The number of rotatable bonds is 7. The first-order chi connectivity index (χ1) is 15.4. The van der Waals surface area contributed by atoms with E-state index in [1.807, 2.05) is 31.2 Å². The summed E-state index contributed by atoms with van der Waals surface area (Å²) in [5.41, 5.74) is 2.93. The highest BCUT2D eigenvalue weighted by Crippen LogP contribution is 2.22.